The second-order valence-electron chi connectivity index (χ2n) is 6.16. The van der Waals surface area contributed by atoms with Crippen molar-refractivity contribution in [2.75, 3.05) is 12.4 Å². The number of hydrogen-bond acceptors (Lipinski definition) is 8. The minimum Gasteiger partial charge on any atom is -0.495 e. The quantitative estimate of drug-likeness (QED) is 0.282. The van der Waals surface area contributed by atoms with E-state index in [2.05, 4.69) is 5.32 Å². The van der Waals surface area contributed by atoms with Crippen LogP contribution in [0.5, 0.6) is 5.75 Å². The predicted molar refractivity (Wildman–Crippen MR) is 106 cm³/mol. The fourth-order valence-corrected chi connectivity index (χ4v) is 2.62. The van der Waals surface area contributed by atoms with E-state index < -0.39 is 28.5 Å². The number of esters is 1. The third kappa shape index (κ3) is 4.27. The molecule has 0 bridgehead atoms. The Morgan fingerprint density at radius 3 is 2.60 bits per heavy atom. The summed E-state index contributed by atoms with van der Waals surface area (Å²) in [5.41, 5.74) is -1.18. The summed E-state index contributed by atoms with van der Waals surface area (Å²) in [6, 6.07) is 11.6. The van der Waals surface area contributed by atoms with E-state index in [0.29, 0.717) is 11.0 Å². The summed E-state index contributed by atoms with van der Waals surface area (Å²) in [4.78, 5) is 47.1. The van der Waals surface area contributed by atoms with Crippen molar-refractivity contribution in [3.8, 4) is 5.75 Å². The molecule has 10 heteroatoms. The zero-order valence-electron chi connectivity index (χ0n) is 15.9. The Morgan fingerprint density at radius 1 is 1.17 bits per heavy atom. The highest BCUT2D eigenvalue weighted by molar-refractivity contribution is 5.99. The number of non-ortho nitro benzene ring substituents is 1. The van der Waals surface area contributed by atoms with Gasteiger partial charge in [0.15, 0.2) is 6.10 Å². The molecule has 1 N–H and O–H groups in total. The SMILES string of the molecule is COc1ccc([N+](=O)[O-])cc1NC(=O)[C@H](C)OC(=O)c1cc2ccccc2oc1=O. The lowest BCUT2D eigenvalue weighted by atomic mass is 10.2. The van der Waals surface area contributed by atoms with E-state index in [4.69, 9.17) is 13.9 Å². The lowest BCUT2D eigenvalue weighted by Gasteiger charge is -2.15. The first kappa shape index (κ1) is 20.5. The molecule has 0 fully saturated rings. The standard InChI is InChI=1S/C20H16N2O8/c1-11(18(23)21-15-10-13(22(26)27)7-8-17(15)28-2)29-19(24)14-9-12-5-3-4-6-16(12)30-20(14)25/h3-11H,1-2H3,(H,21,23)/t11-/m0/s1. The number of benzene rings is 2. The molecule has 0 aliphatic carbocycles. The minimum atomic E-state index is -1.31. The molecule has 1 aromatic heterocycles. The Morgan fingerprint density at radius 2 is 1.90 bits per heavy atom. The van der Waals surface area contributed by atoms with Gasteiger partial charge >= 0.3 is 11.6 Å². The van der Waals surface area contributed by atoms with E-state index in [9.17, 15) is 24.5 Å². The van der Waals surface area contributed by atoms with Crippen LogP contribution in [0.4, 0.5) is 11.4 Å². The zero-order chi connectivity index (χ0) is 21.8. The van der Waals surface area contributed by atoms with E-state index in [1.807, 2.05) is 0 Å². The molecule has 0 saturated heterocycles. The van der Waals surface area contributed by atoms with Crippen molar-refractivity contribution in [3.63, 3.8) is 0 Å². The van der Waals surface area contributed by atoms with Crippen molar-refractivity contribution in [2.24, 2.45) is 0 Å². The topological polar surface area (TPSA) is 138 Å². The number of ether oxygens (including phenoxy) is 2. The molecular formula is C20H16N2O8. The summed E-state index contributed by atoms with van der Waals surface area (Å²) in [7, 11) is 1.33. The average molecular weight is 412 g/mol. The number of nitro groups is 1. The number of para-hydroxylation sites is 1. The highest BCUT2D eigenvalue weighted by Crippen LogP contribution is 2.29. The number of amides is 1. The maximum Gasteiger partial charge on any atom is 0.351 e. The molecule has 2 aromatic carbocycles. The lowest BCUT2D eigenvalue weighted by Crippen LogP contribution is -2.31. The third-order valence-corrected chi connectivity index (χ3v) is 4.17. The van der Waals surface area contributed by atoms with E-state index >= 15 is 0 Å². The molecule has 1 heterocycles. The first-order chi connectivity index (χ1) is 14.3. The second-order valence-corrected chi connectivity index (χ2v) is 6.16. The number of nitrogens with one attached hydrogen (secondary N) is 1. The van der Waals surface area contributed by atoms with Gasteiger partial charge in [0, 0.05) is 17.5 Å². The smallest absolute Gasteiger partial charge is 0.351 e. The Balaban J connectivity index is 1.77. The van der Waals surface area contributed by atoms with Crippen LogP contribution in [0.25, 0.3) is 11.0 Å². The number of hydrogen-bond donors (Lipinski definition) is 1. The summed E-state index contributed by atoms with van der Waals surface area (Å²) in [6.45, 7) is 1.29. The number of nitrogens with zero attached hydrogens (tertiary/aromatic N) is 1. The largest absolute Gasteiger partial charge is 0.495 e. The number of rotatable bonds is 6. The molecule has 3 aromatic rings. The van der Waals surface area contributed by atoms with Crippen LogP contribution in [0, 0.1) is 10.1 Å². The minimum absolute atomic E-state index is 0.0322. The van der Waals surface area contributed by atoms with Gasteiger partial charge in [-0.1, -0.05) is 18.2 Å². The van der Waals surface area contributed by atoms with Gasteiger partial charge in [-0.05, 0) is 25.1 Å². The first-order valence-corrected chi connectivity index (χ1v) is 8.67. The first-order valence-electron chi connectivity index (χ1n) is 8.67. The molecule has 154 valence electrons. The van der Waals surface area contributed by atoms with Crippen molar-refractivity contribution in [1.29, 1.82) is 0 Å². The highest BCUT2D eigenvalue weighted by Gasteiger charge is 2.23. The van der Waals surface area contributed by atoms with Gasteiger partial charge in [-0.3, -0.25) is 14.9 Å². The Kier molecular flexibility index (Phi) is 5.77. The monoisotopic (exact) mass is 412 g/mol. The van der Waals surface area contributed by atoms with E-state index in [-0.39, 0.29) is 22.7 Å². The predicted octanol–water partition coefficient (Wildman–Crippen LogP) is 2.89. The molecule has 0 aliphatic heterocycles. The summed E-state index contributed by atoms with van der Waals surface area (Å²) in [6.07, 6.45) is -1.31. The second kappa shape index (κ2) is 8.43. The molecule has 0 aliphatic rings. The van der Waals surface area contributed by atoms with E-state index in [0.717, 1.165) is 6.07 Å². The van der Waals surface area contributed by atoms with E-state index in [1.54, 1.807) is 24.3 Å². The van der Waals surface area contributed by atoms with Crippen molar-refractivity contribution in [1.82, 2.24) is 0 Å². The van der Waals surface area contributed by atoms with Crippen molar-refractivity contribution in [2.45, 2.75) is 13.0 Å². The van der Waals surface area contributed by atoms with Crippen LogP contribution in [0.3, 0.4) is 0 Å². The molecule has 3 rings (SSSR count). The van der Waals surface area contributed by atoms with Crippen LogP contribution in [0.2, 0.25) is 0 Å². The van der Waals surface area contributed by atoms with Gasteiger partial charge in [0.25, 0.3) is 11.6 Å². The van der Waals surface area contributed by atoms with Gasteiger partial charge in [0.2, 0.25) is 0 Å². The number of anilines is 1. The summed E-state index contributed by atoms with van der Waals surface area (Å²) in [5, 5.41) is 13.9. The lowest BCUT2D eigenvalue weighted by molar-refractivity contribution is -0.384. The van der Waals surface area contributed by atoms with Crippen LogP contribution in [0.15, 0.2) is 57.7 Å². The summed E-state index contributed by atoms with van der Waals surface area (Å²) < 4.78 is 15.2. The summed E-state index contributed by atoms with van der Waals surface area (Å²) in [5.74, 6) is -1.63. The molecular weight excluding hydrogens is 396 g/mol. The maximum absolute atomic E-state index is 12.4. The molecule has 30 heavy (non-hydrogen) atoms. The average Bonchev–Trinajstić information content (AvgIpc) is 2.72. The Labute approximate surface area is 169 Å². The zero-order valence-corrected chi connectivity index (χ0v) is 15.9. The Hall–Kier alpha value is -4.21. The van der Waals surface area contributed by atoms with Gasteiger partial charge in [-0.2, -0.15) is 0 Å². The van der Waals surface area contributed by atoms with Crippen LogP contribution in [-0.4, -0.2) is 30.0 Å². The number of carbonyl (C=O) groups excluding carboxylic acids is 2. The molecule has 0 saturated carbocycles. The molecule has 1 atom stereocenters. The highest BCUT2D eigenvalue weighted by atomic mass is 16.6. The number of nitro benzene ring substituents is 1. The number of carbonyl (C=O) groups is 2. The van der Waals surface area contributed by atoms with Gasteiger partial charge in [0.1, 0.15) is 16.9 Å². The van der Waals surface area contributed by atoms with Crippen LogP contribution in [0.1, 0.15) is 17.3 Å². The maximum atomic E-state index is 12.4. The van der Waals surface area contributed by atoms with Crippen molar-refractivity contribution < 1.29 is 28.4 Å². The van der Waals surface area contributed by atoms with Gasteiger partial charge in [-0.25, -0.2) is 9.59 Å². The molecule has 1 amide bonds. The van der Waals surface area contributed by atoms with Crippen molar-refractivity contribution in [3.05, 3.63) is 74.6 Å². The third-order valence-electron chi connectivity index (χ3n) is 4.17. The Bertz CT molecular complexity index is 1200. The number of fused-ring (bicyclic) bond motifs is 1. The molecule has 10 nitrogen and oxygen atoms in total. The fourth-order valence-electron chi connectivity index (χ4n) is 2.62. The van der Waals surface area contributed by atoms with Crippen molar-refractivity contribution >= 4 is 34.2 Å². The fraction of sp³-hybridized carbons (Fsp3) is 0.150. The van der Waals surface area contributed by atoms with Gasteiger partial charge in [-0.15, -0.1) is 0 Å². The van der Waals surface area contributed by atoms with Gasteiger partial charge in [0.05, 0.1) is 17.7 Å². The molecule has 0 radical (unpaired) electrons. The molecule has 0 unspecified atom stereocenters. The van der Waals surface area contributed by atoms with Crippen LogP contribution >= 0.6 is 0 Å². The van der Waals surface area contributed by atoms with E-state index in [1.165, 1.54) is 32.2 Å². The normalized spacial score (nSPS) is 11.5. The van der Waals surface area contributed by atoms with Gasteiger partial charge < -0.3 is 19.2 Å². The van der Waals surface area contributed by atoms with Crippen LogP contribution in [-0.2, 0) is 9.53 Å². The number of methoxy groups -OCH3 is 1. The summed E-state index contributed by atoms with van der Waals surface area (Å²) >= 11 is 0. The van der Waals surface area contributed by atoms with Crippen LogP contribution < -0.4 is 15.7 Å². The molecule has 0 spiro atoms.